The molecule has 0 bridgehead atoms. The first kappa shape index (κ1) is 16.9. The van der Waals surface area contributed by atoms with Crippen molar-refractivity contribution < 1.29 is 4.79 Å². The highest BCUT2D eigenvalue weighted by atomic mass is 32.1. The molecular formula is C18H24N4OS. The van der Waals surface area contributed by atoms with E-state index in [4.69, 9.17) is 12.2 Å². The predicted octanol–water partition coefficient (Wildman–Crippen LogP) is 3.42. The summed E-state index contributed by atoms with van der Waals surface area (Å²) < 4.78 is 2.29. The van der Waals surface area contributed by atoms with Crippen LogP contribution in [0.1, 0.15) is 25.8 Å². The highest BCUT2D eigenvalue weighted by molar-refractivity contribution is 7.71. The van der Waals surface area contributed by atoms with E-state index >= 15 is 0 Å². The molecule has 128 valence electrons. The van der Waals surface area contributed by atoms with E-state index in [-0.39, 0.29) is 12.5 Å². The topological polar surface area (TPSA) is 53.9 Å². The number of hydrogen-bond acceptors (Lipinski definition) is 3. The molecule has 1 aromatic carbocycles. The van der Waals surface area contributed by atoms with Gasteiger partial charge >= 0.3 is 0 Å². The molecule has 2 unspecified atom stereocenters. The standard InChI is InChI=1S/C18H24N4OS/c1-12-5-4-6-15(8-12)17-19-20-18(24)22(17)11-16(23)21-9-13(2)7-14(3)10-21/h4-6,8,13-14H,7,9-11H2,1-3H3,(H,20,24). The lowest BCUT2D eigenvalue weighted by Gasteiger charge is -2.35. The number of carbonyl (C=O) groups is 1. The summed E-state index contributed by atoms with van der Waals surface area (Å²) in [6.45, 7) is 8.34. The van der Waals surface area contributed by atoms with E-state index < -0.39 is 0 Å². The lowest BCUT2D eigenvalue weighted by molar-refractivity contribution is -0.134. The summed E-state index contributed by atoms with van der Waals surface area (Å²) >= 11 is 5.35. The SMILES string of the molecule is Cc1cccc(-c2n[nH]c(=S)n2CC(=O)N2CC(C)CC(C)C2)c1. The maximum atomic E-state index is 12.8. The minimum Gasteiger partial charge on any atom is -0.341 e. The normalized spacial score (nSPS) is 21.0. The fraction of sp³-hybridized carbons (Fsp3) is 0.500. The van der Waals surface area contributed by atoms with Crippen LogP contribution in [0.25, 0.3) is 11.4 Å². The number of aryl methyl sites for hydroxylation is 1. The Balaban J connectivity index is 1.84. The van der Waals surface area contributed by atoms with Crippen LogP contribution in [-0.2, 0) is 11.3 Å². The Morgan fingerprint density at radius 1 is 1.33 bits per heavy atom. The van der Waals surface area contributed by atoms with Crippen LogP contribution in [0.3, 0.4) is 0 Å². The fourth-order valence-electron chi connectivity index (χ4n) is 3.57. The van der Waals surface area contributed by atoms with Crippen LogP contribution in [0.4, 0.5) is 0 Å². The molecule has 1 N–H and O–H groups in total. The Morgan fingerprint density at radius 2 is 2.04 bits per heavy atom. The second kappa shape index (κ2) is 6.89. The lowest BCUT2D eigenvalue weighted by Crippen LogP contribution is -2.44. The van der Waals surface area contributed by atoms with Crippen molar-refractivity contribution in [2.24, 2.45) is 11.8 Å². The van der Waals surface area contributed by atoms with E-state index in [1.165, 1.54) is 6.42 Å². The van der Waals surface area contributed by atoms with Gasteiger partial charge in [-0.15, -0.1) is 0 Å². The highest BCUT2D eigenvalue weighted by Gasteiger charge is 2.26. The average molecular weight is 344 g/mol. The van der Waals surface area contributed by atoms with Crippen LogP contribution in [-0.4, -0.2) is 38.7 Å². The maximum Gasteiger partial charge on any atom is 0.242 e. The summed E-state index contributed by atoms with van der Waals surface area (Å²) in [5.41, 5.74) is 2.12. The van der Waals surface area contributed by atoms with Crippen LogP contribution in [0.5, 0.6) is 0 Å². The number of likely N-dealkylation sites (tertiary alicyclic amines) is 1. The number of amides is 1. The molecular weight excluding hydrogens is 320 g/mol. The summed E-state index contributed by atoms with van der Waals surface area (Å²) in [7, 11) is 0. The van der Waals surface area contributed by atoms with Crippen LogP contribution >= 0.6 is 12.2 Å². The van der Waals surface area contributed by atoms with Gasteiger partial charge in [-0.05, 0) is 43.5 Å². The van der Waals surface area contributed by atoms with Gasteiger partial charge in [-0.1, -0.05) is 37.6 Å². The molecule has 0 aliphatic carbocycles. The number of nitrogens with zero attached hydrogens (tertiary/aromatic N) is 3. The van der Waals surface area contributed by atoms with E-state index in [0.717, 1.165) is 30.0 Å². The van der Waals surface area contributed by atoms with E-state index in [9.17, 15) is 4.79 Å². The van der Waals surface area contributed by atoms with Crippen molar-refractivity contribution in [1.82, 2.24) is 19.7 Å². The number of H-pyrrole nitrogens is 1. The molecule has 0 saturated carbocycles. The molecule has 1 aliphatic rings. The number of nitrogens with one attached hydrogen (secondary N) is 1. The van der Waals surface area contributed by atoms with Crippen molar-refractivity contribution in [3.8, 4) is 11.4 Å². The van der Waals surface area contributed by atoms with Crippen LogP contribution in [0.2, 0.25) is 0 Å². The van der Waals surface area contributed by atoms with Gasteiger partial charge in [0.15, 0.2) is 10.6 Å². The van der Waals surface area contributed by atoms with Crippen molar-refractivity contribution in [2.75, 3.05) is 13.1 Å². The lowest BCUT2D eigenvalue weighted by atomic mass is 9.92. The van der Waals surface area contributed by atoms with Crippen LogP contribution in [0, 0.1) is 23.5 Å². The van der Waals surface area contributed by atoms with E-state index in [2.05, 4.69) is 30.1 Å². The Kier molecular flexibility index (Phi) is 4.85. The smallest absolute Gasteiger partial charge is 0.242 e. The molecule has 1 saturated heterocycles. The van der Waals surface area contributed by atoms with Gasteiger partial charge in [0.1, 0.15) is 6.54 Å². The van der Waals surface area contributed by atoms with Gasteiger partial charge in [0.2, 0.25) is 5.91 Å². The molecule has 5 nitrogen and oxygen atoms in total. The van der Waals surface area contributed by atoms with Crippen LogP contribution in [0.15, 0.2) is 24.3 Å². The molecule has 0 spiro atoms. The fourth-order valence-corrected chi connectivity index (χ4v) is 3.77. The van der Waals surface area contributed by atoms with Crippen molar-refractivity contribution in [3.05, 3.63) is 34.6 Å². The zero-order valence-electron chi connectivity index (χ0n) is 14.5. The predicted molar refractivity (Wildman–Crippen MR) is 97.1 cm³/mol. The maximum absolute atomic E-state index is 12.8. The van der Waals surface area contributed by atoms with E-state index in [0.29, 0.717) is 16.6 Å². The Hall–Kier alpha value is -1.95. The van der Waals surface area contributed by atoms with Crippen LogP contribution < -0.4 is 0 Å². The zero-order chi connectivity index (χ0) is 17.3. The Bertz CT molecular complexity index is 784. The first-order valence-corrected chi connectivity index (χ1v) is 8.85. The molecule has 6 heteroatoms. The molecule has 0 radical (unpaired) electrons. The molecule has 2 heterocycles. The van der Waals surface area contributed by atoms with Crippen molar-refractivity contribution in [1.29, 1.82) is 0 Å². The molecule has 1 fully saturated rings. The zero-order valence-corrected chi connectivity index (χ0v) is 15.3. The first-order chi connectivity index (χ1) is 11.4. The average Bonchev–Trinajstić information content (AvgIpc) is 2.87. The number of piperidine rings is 1. The number of hydrogen-bond donors (Lipinski definition) is 1. The highest BCUT2D eigenvalue weighted by Crippen LogP contribution is 2.22. The van der Waals surface area contributed by atoms with Gasteiger partial charge in [0, 0.05) is 18.7 Å². The summed E-state index contributed by atoms with van der Waals surface area (Å²) in [5, 5.41) is 7.16. The molecule has 1 aromatic heterocycles. The van der Waals surface area contributed by atoms with Crippen molar-refractivity contribution >= 4 is 18.1 Å². The molecule has 1 aliphatic heterocycles. The van der Waals surface area contributed by atoms with Gasteiger partial charge in [-0.25, -0.2) is 0 Å². The molecule has 24 heavy (non-hydrogen) atoms. The number of rotatable bonds is 3. The molecule has 3 rings (SSSR count). The van der Waals surface area contributed by atoms with Gasteiger partial charge in [-0.3, -0.25) is 14.5 Å². The number of aromatic nitrogens is 3. The summed E-state index contributed by atoms with van der Waals surface area (Å²) in [4.78, 5) is 14.7. The summed E-state index contributed by atoms with van der Waals surface area (Å²) in [5.74, 6) is 1.92. The monoisotopic (exact) mass is 344 g/mol. The third-order valence-corrected chi connectivity index (χ3v) is 4.86. The third-order valence-electron chi connectivity index (χ3n) is 4.55. The van der Waals surface area contributed by atoms with E-state index in [1.54, 1.807) is 4.57 Å². The van der Waals surface area contributed by atoms with E-state index in [1.807, 2.05) is 30.0 Å². The van der Waals surface area contributed by atoms with Gasteiger partial charge < -0.3 is 4.90 Å². The largest absolute Gasteiger partial charge is 0.341 e. The first-order valence-electron chi connectivity index (χ1n) is 8.44. The number of carbonyl (C=O) groups excluding carboxylic acids is 1. The second-order valence-corrected chi connectivity index (χ2v) is 7.44. The Labute approximate surface area is 147 Å². The quantitative estimate of drug-likeness (QED) is 0.868. The third kappa shape index (κ3) is 3.59. The van der Waals surface area contributed by atoms with Crippen molar-refractivity contribution in [2.45, 2.75) is 33.7 Å². The molecule has 2 atom stereocenters. The minimum absolute atomic E-state index is 0.111. The Morgan fingerprint density at radius 3 is 2.71 bits per heavy atom. The van der Waals surface area contributed by atoms with Gasteiger partial charge in [-0.2, -0.15) is 5.10 Å². The summed E-state index contributed by atoms with van der Waals surface area (Å²) in [6, 6.07) is 8.07. The van der Waals surface area contributed by atoms with Gasteiger partial charge in [0.25, 0.3) is 0 Å². The minimum atomic E-state index is 0.111. The second-order valence-electron chi connectivity index (χ2n) is 7.05. The van der Waals surface area contributed by atoms with Crippen molar-refractivity contribution in [3.63, 3.8) is 0 Å². The molecule has 2 aromatic rings. The molecule has 1 amide bonds. The summed E-state index contributed by atoms with van der Waals surface area (Å²) in [6.07, 6.45) is 1.18. The number of aromatic amines is 1. The number of benzene rings is 1. The van der Waals surface area contributed by atoms with Gasteiger partial charge in [0.05, 0.1) is 0 Å².